The predicted octanol–water partition coefficient (Wildman–Crippen LogP) is 4.80. The molecule has 4 rings (SSSR count). The Hall–Kier alpha value is -3.14. The summed E-state index contributed by atoms with van der Waals surface area (Å²) in [5, 5.41) is 10.2. The molecule has 2 amide bonds. The van der Waals surface area contributed by atoms with E-state index < -0.39 is 11.3 Å². The Balaban J connectivity index is 1.90. The summed E-state index contributed by atoms with van der Waals surface area (Å²) >= 11 is 0. The normalized spacial score (nSPS) is 26.3. The number of benzene rings is 2. The lowest BCUT2D eigenvalue weighted by Crippen LogP contribution is -2.41. The highest BCUT2D eigenvalue weighted by atomic mass is 16.3. The fourth-order valence-electron chi connectivity index (χ4n) is 5.01. The maximum atomic E-state index is 13.7. The topological polar surface area (TPSA) is 57.6 Å². The third kappa shape index (κ3) is 2.66. The smallest absolute Gasteiger partial charge is 0.241 e. The fraction of sp³-hybridized carbons (Fsp3) is 0.280. The number of nitrogens with zero attached hydrogens (tertiary/aromatic N) is 1. The summed E-state index contributed by atoms with van der Waals surface area (Å²) in [4.78, 5) is 28.4. The summed E-state index contributed by atoms with van der Waals surface area (Å²) in [5.74, 6) is -0.810. The second-order valence-corrected chi connectivity index (χ2v) is 8.23. The molecule has 2 aromatic carbocycles. The van der Waals surface area contributed by atoms with Gasteiger partial charge in [-0.05, 0) is 61.6 Å². The minimum Gasteiger partial charge on any atom is -0.507 e. The molecular weight excluding hydrogens is 362 g/mol. The first-order chi connectivity index (χ1) is 13.8. The van der Waals surface area contributed by atoms with Crippen molar-refractivity contribution in [3.63, 3.8) is 0 Å². The predicted molar refractivity (Wildman–Crippen MR) is 114 cm³/mol. The summed E-state index contributed by atoms with van der Waals surface area (Å²) in [6.45, 7) is 9.57. The number of fused-ring (bicyclic) bond motifs is 1. The largest absolute Gasteiger partial charge is 0.507 e. The highest BCUT2D eigenvalue weighted by molar-refractivity contribution is 6.24. The Labute approximate surface area is 171 Å². The molecule has 1 aliphatic heterocycles. The van der Waals surface area contributed by atoms with Gasteiger partial charge in [-0.15, -0.1) is 0 Å². The van der Waals surface area contributed by atoms with E-state index in [0.717, 1.165) is 22.3 Å². The van der Waals surface area contributed by atoms with Crippen molar-refractivity contribution >= 4 is 17.5 Å². The van der Waals surface area contributed by atoms with Gasteiger partial charge >= 0.3 is 0 Å². The quantitative estimate of drug-likeness (QED) is 0.770. The lowest BCUT2D eigenvalue weighted by molar-refractivity contribution is -0.127. The van der Waals surface area contributed by atoms with Crippen molar-refractivity contribution in [1.82, 2.24) is 0 Å². The Morgan fingerprint density at radius 3 is 2.34 bits per heavy atom. The molecule has 2 aromatic rings. The molecule has 3 unspecified atom stereocenters. The van der Waals surface area contributed by atoms with E-state index in [1.165, 1.54) is 4.90 Å². The van der Waals surface area contributed by atoms with Gasteiger partial charge in [0.2, 0.25) is 11.8 Å². The molecule has 0 radical (unpaired) electrons. The van der Waals surface area contributed by atoms with E-state index in [0.29, 0.717) is 12.1 Å². The molecule has 1 saturated heterocycles. The first-order valence-electron chi connectivity index (χ1n) is 9.86. The first kappa shape index (κ1) is 19.2. The molecule has 0 saturated carbocycles. The van der Waals surface area contributed by atoms with Gasteiger partial charge in [0.25, 0.3) is 0 Å². The molecule has 0 bridgehead atoms. The maximum Gasteiger partial charge on any atom is 0.241 e. The number of aromatic hydroxyl groups is 1. The number of allylic oxidation sites excluding steroid dienone is 3. The van der Waals surface area contributed by atoms with Gasteiger partial charge in [-0.25, -0.2) is 4.90 Å². The molecule has 29 heavy (non-hydrogen) atoms. The monoisotopic (exact) mass is 387 g/mol. The van der Waals surface area contributed by atoms with Gasteiger partial charge in [-0.3, -0.25) is 9.59 Å². The third-order valence-corrected chi connectivity index (χ3v) is 6.53. The standard InChI is InChI=1S/C25H25NO3/c1-5-17-11-12-20-23(28)26(19-9-7-6-8-10-19)24(29)25(20,4)21(17)18-13-15(2)22(27)16(3)14-18/h5-11,13-14,20-21,27H,1,12H2,2-4H3. The van der Waals surface area contributed by atoms with Gasteiger partial charge in [0, 0.05) is 5.92 Å². The number of imide groups is 1. The molecule has 0 spiro atoms. The van der Waals surface area contributed by atoms with Crippen molar-refractivity contribution in [3.8, 4) is 5.75 Å². The maximum absolute atomic E-state index is 13.7. The summed E-state index contributed by atoms with van der Waals surface area (Å²) in [6, 6.07) is 13.0. The Kier molecular flexibility index (Phi) is 4.45. The average molecular weight is 387 g/mol. The second-order valence-electron chi connectivity index (χ2n) is 8.23. The number of amides is 2. The van der Waals surface area contributed by atoms with Gasteiger partial charge < -0.3 is 5.11 Å². The number of carbonyl (C=O) groups excluding carboxylic acids is 2. The van der Waals surface area contributed by atoms with Crippen LogP contribution < -0.4 is 4.90 Å². The minimum absolute atomic E-state index is 0.153. The van der Waals surface area contributed by atoms with Gasteiger partial charge in [-0.1, -0.05) is 49.1 Å². The first-order valence-corrected chi connectivity index (χ1v) is 9.86. The summed E-state index contributed by atoms with van der Waals surface area (Å²) in [5.41, 5.74) is 3.07. The van der Waals surface area contributed by atoms with Crippen LogP contribution in [0.2, 0.25) is 0 Å². The third-order valence-electron chi connectivity index (χ3n) is 6.53. The molecule has 1 N–H and O–H groups in total. The van der Waals surface area contributed by atoms with E-state index in [-0.39, 0.29) is 23.5 Å². The number of phenolic OH excluding ortho intramolecular Hbond substituents is 1. The number of rotatable bonds is 3. The summed E-state index contributed by atoms with van der Waals surface area (Å²) < 4.78 is 0. The van der Waals surface area contributed by atoms with Crippen molar-refractivity contribution in [2.75, 3.05) is 4.90 Å². The van der Waals surface area contributed by atoms with E-state index in [9.17, 15) is 14.7 Å². The van der Waals surface area contributed by atoms with Crippen molar-refractivity contribution in [1.29, 1.82) is 0 Å². The number of hydrogen-bond donors (Lipinski definition) is 1. The van der Waals surface area contributed by atoms with Crippen LogP contribution in [-0.4, -0.2) is 16.9 Å². The minimum atomic E-state index is -0.916. The average Bonchev–Trinajstić information content (AvgIpc) is 2.91. The second kappa shape index (κ2) is 6.73. The molecule has 2 aliphatic rings. The van der Waals surface area contributed by atoms with Crippen molar-refractivity contribution < 1.29 is 14.7 Å². The van der Waals surface area contributed by atoms with Gasteiger partial charge in [0.15, 0.2) is 0 Å². The molecule has 0 aromatic heterocycles. The van der Waals surface area contributed by atoms with E-state index in [4.69, 9.17) is 0 Å². The molecule has 3 atom stereocenters. The molecular formula is C25H25NO3. The Morgan fingerprint density at radius 1 is 1.14 bits per heavy atom. The van der Waals surface area contributed by atoms with Crippen molar-refractivity contribution in [2.24, 2.45) is 11.3 Å². The van der Waals surface area contributed by atoms with Crippen molar-refractivity contribution in [3.05, 3.63) is 83.5 Å². The van der Waals surface area contributed by atoms with Crippen LogP contribution in [0.25, 0.3) is 0 Å². The number of anilines is 1. The lowest BCUT2D eigenvalue weighted by Gasteiger charge is -2.40. The number of carbonyl (C=O) groups is 2. The number of hydrogen-bond acceptors (Lipinski definition) is 3. The molecule has 4 nitrogen and oxygen atoms in total. The SMILES string of the molecule is C=CC1=CCC2C(=O)N(c3ccccc3)C(=O)C2(C)C1c1cc(C)c(O)c(C)c1. The molecule has 1 fully saturated rings. The van der Waals surface area contributed by atoms with E-state index in [1.54, 1.807) is 18.2 Å². The van der Waals surface area contributed by atoms with Gasteiger partial charge in [0.05, 0.1) is 17.0 Å². The van der Waals surface area contributed by atoms with Crippen molar-refractivity contribution in [2.45, 2.75) is 33.1 Å². The van der Waals surface area contributed by atoms with Crippen LogP contribution in [0.15, 0.2) is 66.8 Å². The zero-order valence-corrected chi connectivity index (χ0v) is 17.0. The lowest BCUT2D eigenvalue weighted by atomic mass is 9.60. The van der Waals surface area contributed by atoms with Gasteiger partial charge in [-0.2, -0.15) is 0 Å². The number of aryl methyl sites for hydroxylation is 2. The molecule has 1 heterocycles. The van der Waals surface area contributed by atoms with E-state index in [1.807, 2.05) is 57.2 Å². The molecule has 1 aliphatic carbocycles. The fourth-order valence-corrected chi connectivity index (χ4v) is 5.01. The zero-order valence-electron chi connectivity index (χ0n) is 17.0. The van der Waals surface area contributed by atoms with E-state index >= 15 is 0 Å². The van der Waals surface area contributed by atoms with Crippen LogP contribution in [0.3, 0.4) is 0 Å². The van der Waals surface area contributed by atoms with Crippen LogP contribution in [-0.2, 0) is 9.59 Å². The Morgan fingerprint density at radius 2 is 1.76 bits per heavy atom. The highest BCUT2D eigenvalue weighted by Gasteiger charge is 2.62. The number of phenols is 1. The van der Waals surface area contributed by atoms with Crippen LogP contribution in [0.1, 0.15) is 36.0 Å². The van der Waals surface area contributed by atoms with Gasteiger partial charge in [0.1, 0.15) is 5.75 Å². The van der Waals surface area contributed by atoms with Crippen LogP contribution in [0.5, 0.6) is 5.75 Å². The molecule has 148 valence electrons. The van der Waals surface area contributed by atoms with E-state index in [2.05, 4.69) is 6.58 Å². The highest BCUT2D eigenvalue weighted by Crippen LogP contribution is 2.57. The summed E-state index contributed by atoms with van der Waals surface area (Å²) in [7, 11) is 0. The van der Waals surface area contributed by atoms with Crippen LogP contribution in [0.4, 0.5) is 5.69 Å². The summed E-state index contributed by atoms with van der Waals surface area (Å²) in [6.07, 6.45) is 4.33. The van der Waals surface area contributed by atoms with Crippen LogP contribution >= 0.6 is 0 Å². The number of para-hydroxylation sites is 1. The van der Waals surface area contributed by atoms with Crippen LogP contribution in [0, 0.1) is 25.2 Å². The molecule has 4 heteroatoms. The zero-order chi connectivity index (χ0) is 20.9. The Bertz CT molecular complexity index is 1030.